The van der Waals surface area contributed by atoms with E-state index in [1.165, 1.54) is 0 Å². The lowest BCUT2D eigenvalue weighted by Crippen LogP contribution is -2.37. The summed E-state index contributed by atoms with van der Waals surface area (Å²) in [6, 6.07) is 10.0. The van der Waals surface area contributed by atoms with E-state index in [1.54, 1.807) is 18.1 Å². The minimum absolute atomic E-state index is 0.0393. The predicted molar refractivity (Wildman–Crippen MR) is 109 cm³/mol. The Morgan fingerprint density at radius 3 is 2.81 bits per heavy atom. The van der Waals surface area contributed by atoms with Gasteiger partial charge in [0.1, 0.15) is 0 Å². The van der Waals surface area contributed by atoms with Crippen LogP contribution in [-0.2, 0) is 4.79 Å². The van der Waals surface area contributed by atoms with Crippen molar-refractivity contribution in [2.45, 2.75) is 26.7 Å². The summed E-state index contributed by atoms with van der Waals surface area (Å²) in [5.41, 5.74) is 4.77. The highest BCUT2D eigenvalue weighted by Gasteiger charge is 2.33. The Hall–Kier alpha value is -2.67. The number of hydrogen-bond donors (Lipinski definition) is 4. The first-order chi connectivity index (χ1) is 13.1. The molecule has 0 aliphatic heterocycles. The molecule has 1 aliphatic carbocycles. The highest BCUT2D eigenvalue weighted by molar-refractivity contribution is 8.00. The van der Waals surface area contributed by atoms with Gasteiger partial charge in [-0.2, -0.15) is 0 Å². The number of amides is 1. The van der Waals surface area contributed by atoms with Gasteiger partial charge < -0.3 is 9.93 Å². The van der Waals surface area contributed by atoms with Gasteiger partial charge in [-0.15, -0.1) is 0 Å². The van der Waals surface area contributed by atoms with Crippen molar-refractivity contribution in [2.75, 3.05) is 15.8 Å². The SMILES string of the molecule is CCSNc1ccc(-c2cc(NC(=O)C3CC3)[n+](O)c3[nH]ccc23)c(C)c1. The third kappa shape index (κ3) is 3.47. The number of aromatic nitrogens is 2. The fraction of sp³-hybridized carbons (Fsp3) is 0.300. The van der Waals surface area contributed by atoms with Crippen molar-refractivity contribution >= 4 is 40.4 Å². The summed E-state index contributed by atoms with van der Waals surface area (Å²) in [5.74, 6) is 1.39. The molecule has 2 aromatic heterocycles. The van der Waals surface area contributed by atoms with Gasteiger partial charge in [-0.1, -0.05) is 29.7 Å². The average molecular weight is 383 g/mol. The molecule has 0 bridgehead atoms. The first-order valence-electron chi connectivity index (χ1n) is 9.13. The van der Waals surface area contributed by atoms with Gasteiger partial charge in [0.2, 0.25) is 0 Å². The normalized spacial score (nSPS) is 13.7. The Morgan fingerprint density at radius 1 is 1.30 bits per heavy atom. The summed E-state index contributed by atoms with van der Waals surface area (Å²) in [6.07, 6.45) is 3.62. The third-order valence-corrected chi connectivity index (χ3v) is 5.46. The number of H-pyrrole nitrogens is 1. The van der Waals surface area contributed by atoms with E-state index < -0.39 is 0 Å². The van der Waals surface area contributed by atoms with Crippen molar-refractivity contribution in [3.05, 3.63) is 42.1 Å². The lowest BCUT2D eigenvalue weighted by atomic mass is 9.98. The molecule has 1 fully saturated rings. The molecule has 2 heterocycles. The maximum atomic E-state index is 12.2. The summed E-state index contributed by atoms with van der Waals surface area (Å²) in [7, 11) is 0. The highest BCUT2D eigenvalue weighted by Crippen LogP contribution is 2.34. The van der Waals surface area contributed by atoms with Crippen LogP contribution in [0.1, 0.15) is 25.3 Å². The Balaban J connectivity index is 1.77. The molecule has 0 spiro atoms. The maximum Gasteiger partial charge on any atom is 0.283 e. The molecule has 0 unspecified atom stereocenters. The molecule has 4 rings (SSSR count). The minimum Gasteiger partial charge on any atom is -0.371 e. The molecule has 1 saturated carbocycles. The van der Waals surface area contributed by atoms with E-state index in [-0.39, 0.29) is 11.8 Å². The van der Waals surface area contributed by atoms with Gasteiger partial charge in [0.05, 0.1) is 17.5 Å². The van der Waals surface area contributed by atoms with Crippen LogP contribution >= 0.6 is 11.9 Å². The summed E-state index contributed by atoms with van der Waals surface area (Å²) in [5, 5.41) is 14.3. The second-order valence-corrected chi connectivity index (χ2v) is 7.89. The fourth-order valence-electron chi connectivity index (χ4n) is 3.22. The number of carbonyl (C=O) groups excluding carboxylic acids is 1. The van der Waals surface area contributed by atoms with Crippen LogP contribution in [0.15, 0.2) is 36.5 Å². The zero-order valence-electron chi connectivity index (χ0n) is 15.4. The standard InChI is InChI=1S/C20H22N4O2S/c1-3-27-23-14-6-7-15(12(2)10-14)17-11-18(22-20(25)13-4-5-13)24(26)19-16(17)8-9-21-19/h6-11,13,26H,3-5H2,1-2H3,(H2,21,22,23,25)/p+1. The zero-order chi connectivity index (χ0) is 19.0. The van der Waals surface area contributed by atoms with Crippen LogP contribution in [-0.4, -0.2) is 21.9 Å². The number of anilines is 2. The van der Waals surface area contributed by atoms with Crippen molar-refractivity contribution in [3.8, 4) is 11.1 Å². The minimum atomic E-state index is -0.0393. The first kappa shape index (κ1) is 17.7. The molecule has 3 aromatic rings. The number of aryl methyl sites for hydroxylation is 1. The van der Waals surface area contributed by atoms with E-state index >= 15 is 0 Å². The molecule has 27 heavy (non-hydrogen) atoms. The number of benzene rings is 1. The van der Waals surface area contributed by atoms with Crippen LogP contribution in [0.5, 0.6) is 0 Å². The van der Waals surface area contributed by atoms with Crippen LogP contribution in [0.3, 0.4) is 0 Å². The number of rotatable bonds is 6. The number of nitrogens with one attached hydrogen (secondary N) is 3. The van der Waals surface area contributed by atoms with Crippen molar-refractivity contribution < 1.29 is 14.7 Å². The number of pyridine rings is 1. The average Bonchev–Trinajstić information content (AvgIpc) is 3.39. The lowest BCUT2D eigenvalue weighted by molar-refractivity contribution is -0.874. The van der Waals surface area contributed by atoms with Gasteiger partial charge in [0.15, 0.2) is 0 Å². The molecule has 1 amide bonds. The van der Waals surface area contributed by atoms with Crippen LogP contribution < -0.4 is 14.8 Å². The molecule has 7 heteroatoms. The Bertz CT molecular complexity index is 1010. The van der Waals surface area contributed by atoms with Crippen molar-refractivity contribution in [1.82, 2.24) is 4.98 Å². The second kappa shape index (κ2) is 7.15. The summed E-state index contributed by atoms with van der Waals surface area (Å²) < 4.78 is 4.34. The van der Waals surface area contributed by atoms with Crippen LogP contribution in [0.2, 0.25) is 0 Å². The van der Waals surface area contributed by atoms with E-state index in [9.17, 15) is 10.0 Å². The number of aromatic amines is 1. The zero-order valence-corrected chi connectivity index (χ0v) is 16.2. The van der Waals surface area contributed by atoms with Crippen molar-refractivity contribution in [1.29, 1.82) is 0 Å². The topological polar surface area (TPSA) is 81.0 Å². The van der Waals surface area contributed by atoms with Gasteiger partial charge in [0, 0.05) is 23.1 Å². The summed E-state index contributed by atoms with van der Waals surface area (Å²) in [6.45, 7) is 4.17. The molecular weight excluding hydrogens is 360 g/mol. The van der Waals surface area contributed by atoms with E-state index in [4.69, 9.17) is 0 Å². The first-order valence-corrected chi connectivity index (χ1v) is 10.1. The molecular formula is C20H23N4O2S+. The van der Waals surface area contributed by atoms with Crippen LogP contribution in [0.25, 0.3) is 22.2 Å². The van der Waals surface area contributed by atoms with Crippen LogP contribution in [0.4, 0.5) is 11.5 Å². The molecule has 4 N–H and O–H groups in total. The van der Waals surface area contributed by atoms with Crippen LogP contribution in [0, 0.1) is 12.8 Å². The van der Waals surface area contributed by atoms with Gasteiger partial charge in [0.25, 0.3) is 17.4 Å². The smallest absolute Gasteiger partial charge is 0.283 e. The fourth-order valence-corrected chi connectivity index (χ4v) is 3.66. The van der Waals surface area contributed by atoms with Gasteiger partial charge >= 0.3 is 0 Å². The van der Waals surface area contributed by atoms with Crippen molar-refractivity contribution in [3.63, 3.8) is 0 Å². The van der Waals surface area contributed by atoms with E-state index in [2.05, 4.69) is 41.0 Å². The van der Waals surface area contributed by atoms with E-state index in [0.717, 1.165) is 51.1 Å². The largest absolute Gasteiger partial charge is 0.371 e. The Kier molecular flexibility index (Phi) is 4.70. The maximum absolute atomic E-state index is 12.2. The summed E-state index contributed by atoms with van der Waals surface area (Å²) >= 11 is 1.66. The molecule has 1 aromatic carbocycles. The second-order valence-electron chi connectivity index (χ2n) is 6.82. The molecule has 0 atom stereocenters. The monoisotopic (exact) mass is 383 g/mol. The number of nitrogens with zero attached hydrogens (tertiary/aromatic N) is 1. The van der Waals surface area contributed by atoms with Gasteiger partial charge in [-0.3, -0.25) is 9.78 Å². The number of carbonyl (C=O) groups is 1. The van der Waals surface area contributed by atoms with E-state index in [1.807, 2.05) is 18.2 Å². The quantitative estimate of drug-likeness (QED) is 0.294. The highest BCUT2D eigenvalue weighted by atomic mass is 32.2. The number of fused-ring (bicyclic) bond motifs is 1. The molecule has 0 radical (unpaired) electrons. The third-order valence-electron chi connectivity index (χ3n) is 4.79. The molecule has 0 saturated heterocycles. The Labute approximate surface area is 162 Å². The van der Waals surface area contributed by atoms with E-state index in [0.29, 0.717) is 11.5 Å². The lowest BCUT2D eigenvalue weighted by Gasteiger charge is -2.12. The van der Waals surface area contributed by atoms with Gasteiger partial charge in [-0.05, 0) is 49.1 Å². The molecule has 1 aliphatic rings. The van der Waals surface area contributed by atoms with Gasteiger partial charge in [-0.25, -0.2) is 5.32 Å². The number of hydrogen-bond acceptors (Lipinski definition) is 4. The predicted octanol–water partition coefficient (Wildman–Crippen LogP) is 4.10. The summed E-state index contributed by atoms with van der Waals surface area (Å²) in [4.78, 5) is 15.3. The molecule has 140 valence electrons. The Morgan fingerprint density at radius 2 is 2.11 bits per heavy atom. The van der Waals surface area contributed by atoms with Crippen molar-refractivity contribution in [2.24, 2.45) is 5.92 Å². The molecule has 6 nitrogen and oxygen atoms in total.